The van der Waals surface area contributed by atoms with Crippen LogP contribution in [0.2, 0.25) is 0 Å². The summed E-state index contributed by atoms with van der Waals surface area (Å²) in [4.78, 5) is 23.0. The van der Waals surface area contributed by atoms with Gasteiger partial charge in [-0.15, -0.1) is 6.42 Å². The number of aromatic hydroxyl groups is 1. The van der Waals surface area contributed by atoms with Crippen molar-refractivity contribution in [2.75, 3.05) is 30.3 Å². The lowest BCUT2D eigenvalue weighted by molar-refractivity contribution is -0.111. The molecule has 0 spiro atoms. The highest BCUT2D eigenvalue weighted by atomic mass is 16.3. The molecule has 0 atom stereocenters. The molecule has 31 heavy (non-hydrogen) atoms. The van der Waals surface area contributed by atoms with Crippen molar-refractivity contribution >= 4 is 34.0 Å². The molecule has 1 aromatic heterocycles. The number of anilines is 3. The quantitative estimate of drug-likeness (QED) is 0.294. The molecule has 0 unspecified atom stereocenters. The van der Waals surface area contributed by atoms with E-state index in [1.165, 1.54) is 18.5 Å². The van der Waals surface area contributed by atoms with Gasteiger partial charge in [0, 0.05) is 35.3 Å². The number of fused-ring (bicyclic) bond motifs is 1. The van der Waals surface area contributed by atoms with E-state index in [1.54, 1.807) is 12.1 Å². The molecule has 0 bridgehead atoms. The number of phenolic OH excluding ortho intramolecular Hbond substituents is 1. The van der Waals surface area contributed by atoms with Crippen LogP contribution in [0.15, 0.2) is 54.9 Å². The molecule has 3 rings (SSSR count). The van der Waals surface area contributed by atoms with Gasteiger partial charge < -0.3 is 20.6 Å². The summed E-state index contributed by atoms with van der Waals surface area (Å²) in [6, 6.07) is 10.5. The maximum absolute atomic E-state index is 12.3. The number of rotatable bonds is 8. The first-order valence-corrected chi connectivity index (χ1v) is 10.0. The fourth-order valence-electron chi connectivity index (χ4n) is 3.08. The third-order valence-electron chi connectivity index (χ3n) is 4.83. The summed E-state index contributed by atoms with van der Waals surface area (Å²) < 4.78 is 0. The summed E-state index contributed by atoms with van der Waals surface area (Å²) in [5.74, 6) is 2.73. The van der Waals surface area contributed by atoms with Crippen LogP contribution in [0.1, 0.15) is 19.4 Å². The van der Waals surface area contributed by atoms with Crippen molar-refractivity contribution < 1.29 is 9.90 Å². The average Bonchev–Trinajstić information content (AvgIpc) is 2.78. The second-order valence-electron chi connectivity index (χ2n) is 6.84. The highest BCUT2D eigenvalue weighted by Crippen LogP contribution is 2.32. The topological polar surface area (TPSA) is 90.4 Å². The lowest BCUT2D eigenvalue weighted by atomic mass is 10.1. The van der Waals surface area contributed by atoms with Crippen LogP contribution in [0.3, 0.4) is 0 Å². The van der Waals surface area contributed by atoms with E-state index in [9.17, 15) is 9.90 Å². The maximum Gasteiger partial charge on any atom is 0.248 e. The zero-order valence-electron chi connectivity index (χ0n) is 17.6. The van der Waals surface area contributed by atoms with E-state index in [2.05, 4.69) is 45.3 Å². The third kappa shape index (κ3) is 5.59. The number of hydrogen-bond acceptors (Lipinski definition) is 6. The van der Waals surface area contributed by atoms with E-state index in [0.717, 1.165) is 24.3 Å². The zero-order valence-corrected chi connectivity index (χ0v) is 17.6. The van der Waals surface area contributed by atoms with Gasteiger partial charge in [0.25, 0.3) is 0 Å². The Kier molecular flexibility index (Phi) is 7.20. The first kappa shape index (κ1) is 21.8. The van der Waals surface area contributed by atoms with E-state index in [-0.39, 0.29) is 17.3 Å². The van der Waals surface area contributed by atoms with Gasteiger partial charge in [-0.2, -0.15) is 0 Å². The highest BCUT2D eigenvalue weighted by Gasteiger charge is 2.11. The van der Waals surface area contributed by atoms with Crippen LogP contribution in [0, 0.1) is 12.3 Å². The third-order valence-corrected chi connectivity index (χ3v) is 4.83. The van der Waals surface area contributed by atoms with Crippen molar-refractivity contribution in [1.82, 2.24) is 14.9 Å². The standard InChI is InChI=1S/C24H25N5O2/c1-4-17-9-7-10-18(13-17)27-24-19-14-21(22(30)15-20(19)25-16-26-24)28-23(31)11-8-12-29(5-2)6-3/h1,7-11,13-16,30H,5-6,12H2,2-3H3,(H,28,31)(H,25,26,27)/b11-8+. The summed E-state index contributed by atoms with van der Waals surface area (Å²) in [5, 5.41) is 16.9. The molecule has 0 aliphatic heterocycles. The molecular weight excluding hydrogens is 390 g/mol. The van der Waals surface area contributed by atoms with E-state index >= 15 is 0 Å². The van der Waals surface area contributed by atoms with E-state index < -0.39 is 0 Å². The van der Waals surface area contributed by atoms with E-state index in [4.69, 9.17) is 6.42 Å². The number of aromatic nitrogens is 2. The number of terminal acetylenes is 1. The minimum absolute atomic E-state index is 0.0722. The molecule has 0 aliphatic carbocycles. The second-order valence-corrected chi connectivity index (χ2v) is 6.84. The molecule has 0 aliphatic rings. The Balaban J connectivity index is 1.84. The Morgan fingerprint density at radius 3 is 2.77 bits per heavy atom. The minimum atomic E-state index is -0.324. The number of hydrogen-bond donors (Lipinski definition) is 3. The molecule has 0 fully saturated rings. The summed E-state index contributed by atoms with van der Waals surface area (Å²) in [6.45, 7) is 6.65. The normalized spacial score (nSPS) is 11.0. The molecule has 158 valence electrons. The average molecular weight is 415 g/mol. The van der Waals surface area contributed by atoms with Crippen LogP contribution >= 0.6 is 0 Å². The van der Waals surface area contributed by atoms with Crippen molar-refractivity contribution in [1.29, 1.82) is 0 Å². The van der Waals surface area contributed by atoms with Gasteiger partial charge in [0.1, 0.15) is 17.9 Å². The summed E-state index contributed by atoms with van der Waals surface area (Å²) >= 11 is 0. The number of carbonyl (C=O) groups is 1. The molecule has 0 radical (unpaired) electrons. The molecule has 3 aromatic rings. The van der Waals surface area contributed by atoms with Crippen LogP contribution in [0.5, 0.6) is 5.75 Å². The second kappa shape index (κ2) is 10.2. The number of phenols is 1. The SMILES string of the molecule is C#Cc1cccc(Nc2ncnc3cc(O)c(NC(=O)/C=C/CN(CC)CC)cc23)c1. The van der Waals surface area contributed by atoms with E-state index in [1.807, 2.05) is 24.3 Å². The number of likely N-dealkylation sites (N-methyl/N-ethyl adjacent to an activating group) is 1. The summed E-state index contributed by atoms with van der Waals surface area (Å²) in [7, 11) is 0. The number of nitrogens with one attached hydrogen (secondary N) is 2. The Morgan fingerprint density at radius 1 is 1.23 bits per heavy atom. The first-order valence-electron chi connectivity index (χ1n) is 10.0. The Hall–Kier alpha value is -3.89. The monoisotopic (exact) mass is 415 g/mol. The van der Waals surface area contributed by atoms with Crippen LogP contribution < -0.4 is 10.6 Å². The van der Waals surface area contributed by atoms with Crippen LogP contribution in [-0.2, 0) is 4.79 Å². The van der Waals surface area contributed by atoms with Crippen LogP contribution in [0.25, 0.3) is 10.9 Å². The fraction of sp³-hybridized carbons (Fsp3) is 0.208. The van der Waals surface area contributed by atoms with Gasteiger partial charge in [-0.05, 0) is 37.4 Å². The van der Waals surface area contributed by atoms with Gasteiger partial charge in [0.05, 0.1) is 11.2 Å². The zero-order chi connectivity index (χ0) is 22.2. The largest absolute Gasteiger partial charge is 0.506 e. The lowest BCUT2D eigenvalue weighted by Crippen LogP contribution is -2.23. The smallest absolute Gasteiger partial charge is 0.248 e. The van der Waals surface area contributed by atoms with Gasteiger partial charge in [0.15, 0.2) is 0 Å². The molecule has 7 nitrogen and oxygen atoms in total. The first-order chi connectivity index (χ1) is 15.0. The van der Waals surface area contributed by atoms with Gasteiger partial charge in [-0.1, -0.05) is 31.9 Å². The summed E-state index contributed by atoms with van der Waals surface area (Å²) in [6.07, 6.45) is 10.1. The predicted molar refractivity (Wildman–Crippen MR) is 124 cm³/mol. The van der Waals surface area contributed by atoms with Crippen molar-refractivity contribution in [2.24, 2.45) is 0 Å². The van der Waals surface area contributed by atoms with Gasteiger partial charge in [-0.25, -0.2) is 9.97 Å². The van der Waals surface area contributed by atoms with E-state index in [0.29, 0.717) is 23.3 Å². The molecule has 3 N–H and O–H groups in total. The van der Waals surface area contributed by atoms with Crippen molar-refractivity contribution in [3.05, 3.63) is 60.4 Å². The number of benzene rings is 2. The molecule has 0 saturated heterocycles. The fourth-order valence-corrected chi connectivity index (χ4v) is 3.08. The van der Waals surface area contributed by atoms with Crippen molar-refractivity contribution in [3.63, 3.8) is 0 Å². The Bertz CT molecular complexity index is 1150. The Morgan fingerprint density at radius 2 is 2.03 bits per heavy atom. The molecular formula is C24H25N5O2. The molecule has 2 aromatic carbocycles. The molecule has 1 amide bonds. The lowest BCUT2D eigenvalue weighted by Gasteiger charge is -2.14. The highest BCUT2D eigenvalue weighted by molar-refractivity contribution is 6.03. The summed E-state index contributed by atoms with van der Waals surface area (Å²) in [5.41, 5.74) is 2.33. The van der Waals surface area contributed by atoms with Crippen LogP contribution in [-0.4, -0.2) is 45.5 Å². The number of carbonyl (C=O) groups excluding carboxylic acids is 1. The van der Waals surface area contributed by atoms with Gasteiger partial charge in [0.2, 0.25) is 5.91 Å². The predicted octanol–water partition coefficient (Wildman–Crippen LogP) is 3.90. The van der Waals surface area contributed by atoms with Crippen LogP contribution in [0.4, 0.5) is 17.2 Å². The van der Waals surface area contributed by atoms with Crippen molar-refractivity contribution in [2.45, 2.75) is 13.8 Å². The van der Waals surface area contributed by atoms with Gasteiger partial charge >= 0.3 is 0 Å². The van der Waals surface area contributed by atoms with Crippen molar-refractivity contribution in [3.8, 4) is 18.1 Å². The number of amides is 1. The Labute approximate surface area is 181 Å². The molecule has 0 saturated carbocycles. The molecule has 1 heterocycles. The van der Waals surface area contributed by atoms with Gasteiger partial charge in [-0.3, -0.25) is 4.79 Å². The minimum Gasteiger partial charge on any atom is -0.506 e. The number of nitrogens with zero attached hydrogens (tertiary/aromatic N) is 3. The molecule has 7 heteroatoms. The maximum atomic E-state index is 12.3.